The fraction of sp³-hybridized carbons (Fsp3) is 0.543. The monoisotopic (exact) mass is 786 g/mol. The van der Waals surface area contributed by atoms with Crippen LogP contribution in [0.25, 0.3) is 0 Å². The van der Waals surface area contributed by atoms with Gasteiger partial charge in [-0.15, -0.1) is 0 Å². The van der Waals surface area contributed by atoms with Crippen molar-refractivity contribution in [3.05, 3.63) is 94.7 Å². The summed E-state index contributed by atoms with van der Waals surface area (Å²) in [5.74, 6) is -0.188. The maximum absolute atomic E-state index is 11.9. The van der Waals surface area contributed by atoms with Crippen LogP contribution in [0.2, 0.25) is 0 Å². The molecule has 288 valence electrons. The van der Waals surface area contributed by atoms with Crippen LogP contribution in [0.3, 0.4) is 0 Å². The van der Waals surface area contributed by atoms with Gasteiger partial charge < -0.3 is 31.4 Å². The summed E-state index contributed by atoms with van der Waals surface area (Å²) >= 11 is 0. The summed E-state index contributed by atoms with van der Waals surface area (Å²) in [5.41, 5.74) is 10.7. The maximum Gasteiger partial charge on any atom is 0.305 e. The summed E-state index contributed by atoms with van der Waals surface area (Å²) in [5, 5.41) is 0. The van der Waals surface area contributed by atoms with Crippen molar-refractivity contribution in [3.8, 4) is 0 Å². The lowest BCUT2D eigenvalue weighted by molar-refractivity contribution is -0.438. The van der Waals surface area contributed by atoms with Crippen molar-refractivity contribution in [2.75, 3.05) is 31.2 Å². The average molecular weight is 788 g/mol. The number of nitrogens with zero attached hydrogens (tertiary/aromatic N) is 2. The SMILES string of the molecule is CCOC(=O)CCCCCN1/C(=C/C2=CC(=C/C3=[N+](CCCCCC(=O)OCC)c4ccccc4C3(C)C)/CC(C)(C)C2)C(C)(C)c2ccccc21.[Br-]. The number of para-hydroxylation sites is 2. The van der Waals surface area contributed by atoms with Gasteiger partial charge in [0.05, 0.1) is 18.6 Å². The van der Waals surface area contributed by atoms with E-state index in [0.29, 0.717) is 26.1 Å². The van der Waals surface area contributed by atoms with E-state index in [0.717, 1.165) is 64.5 Å². The molecule has 0 spiro atoms. The lowest BCUT2D eigenvalue weighted by Gasteiger charge is -2.33. The van der Waals surface area contributed by atoms with Gasteiger partial charge >= 0.3 is 11.9 Å². The smallest absolute Gasteiger partial charge is 0.305 e. The highest BCUT2D eigenvalue weighted by Gasteiger charge is 2.45. The van der Waals surface area contributed by atoms with Crippen LogP contribution in [0, 0.1) is 5.41 Å². The molecule has 0 radical (unpaired) electrons. The number of hydrogen-bond donors (Lipinski definition) is 0. The molecule has 0 N–H and O–H groups in total. The quantitative estimate of drug-likeness (QED) is 0.0994. The first-order chi connectivity index (χ1) is 24.8. The molecule has 5 rings (SSSR count). The van der Waals surface area contributed by atoms with Gasteiger partial charge in [0.2, 0.25) is 5.69 Å². The fourth-order valence-corrected chi connectivity index (χ4v) is 8.63. The molecule has 3 aliphatic rings. The van der Waals surface area contributed by atoms with Crippen molar-refractivity contribution in [1.29, 1.82) is 0 Å². The average Bonchev–Trinajstić information content (AvgIpc) is 3.42. The number of halogens is 1. The molecule has 2 aliphatic heterocycles. The van der Waals surface area contributed by atoms with E-state index >= 15 is 0 Å². The molecule has 2 aromatic rings. The van der Waals surface area contributed by atoms with Crippen molar-refractivity contribution < 1.29 is 40.6 Å². The Hall–Kier alpha value is -3.45. The van der Waals surface area contributed by atoms with Gasteiger partial charge in [-0.05, 0) is 100 Å². The molecule has 53 heavy (non-hydrogen) atoms. The van der Waals surface area contributed by atoms with E-state index in [4.69, 9.17) is 9.47 Å². The maximum atomic E-state index is 11.9. The number of unbranched alkanes of at least 4 members (excludes halogenated alkanes) is 4. The third-order valence-corrected chi connectivity index (χ3v) is 11.1. The molecule has 0 unspecified atom stereocenters. The summed E-state index contributed by atoms with van der Waals surface area (Å²) in [7, 11) is 0. The fourth-order valence-electron chi connectivity index (χ4n) is 8.63. The highest BCUT2D eigenvalue weighted by Crippen LogP contribution is 2.49. The zero-order chi connectivity index (χ0) is 37.5. The van der Waals surface area contributed by atoms with Crippen LogP contribution in [0.15, 0.2) is 83.6 Å². The Bertz CT molecular complexity index is 1740. The van der Waals surface area contributed by atoms with E-state index in [-0.39, 0.29) is 45.2 Å². The topological polar surface area (TPSA) is 58.8 Å². The van der Waals surface area contributed by atoms with Crippen molar-refractivity contribution in [2.24, 2.45) is 5.41 Å². The molecule has 0 fully saturated rings. The minimum Gasteiger partial charge on any atom is -1.00 e. The molecular weight excluding hydrogens is 724 g/mol. The second kappa shape index (κ2) is 18.3. The van der Waals surface area contributed by atoms with Gasteiger partial charge in [0.1, 0.15) is 6.54 Å². The Morgan fingerprint density at radius 1 is 0.736 bits per heavy atom. The lowest BCUT2D eigenvalue weighted by Crippen LogP contribution is -3.00. The van der Waals surface area contributed by atoms with E-state index in [1.165, 1.54) is 45.1 Å². The molecule has 0 amide bonds. The van der Waals surface area contributed by atoms with Crippen LogP contribution in [0.5, 0.6) is 0 Å². The number of anilines is 1. The van der Waals surface area contributed by atoms with Gasteiger partial charge in [-0.25, -0.2) is 0 Å². The van der Waals surface area contributed by atoms with Crippen LogP contribution < -0.4 is 21.9 Å². The minimum absolute atomic E-state index is 0. The first kappa shape index (κ1) is 42.3. The first-order valence-corrected chi connectivity index (χ1v) is 19.8. The highest BCUT2D eigenvalue weighted by molar-refractivity contribution is 6.03. The molecule has 7 heteroatoms. The van der Waals surface area contributed by atoms with Crippen molar-refractivity contribution in [2.45, 2.75) is 130 Å². The van der Waals surface area contributed by atoms with Gasteiger partial charge in [-0.2, -0.15) is 4.58 Å². The van der Waals surface area contributed by atoms with Gasteiger partial charge in [0, 0.05) is 60.3 Å². The molecule has 0 bridgehead atoms. The molecule has 6 nitrogen and oxygen atoms in total. The summed E-state index contributed by atoms with van der Waals surface area (Å²) in [6, 6.07) is 17.7. The van der Waals surface area contributed by atoms with Gasteiger partial charge in [-0.1, -0.05) is 76.6 Å². The third kappa shape index (κ3) is 10.0. The van der Waals surface area contributed by atoms with E-state index in [2.05, 4.69) is 118 Å². The van der Waals surface area contributed by atoms with Crippen LogP contribution in [-0.2, 0) is 29.9 Å². The number of benzene rings is 2. The normalized spacial score (nSPS) is 19.5. The van der Waals surface area contributed by atoms with E-state index in [1.54, 1.807) is 0 Å². The Morgan fingerprint density at radius 3 is 2.00 bits per heavy atom. The van der Waals surface area contributed by atoms with E-state index < -0.39 is 0 Å². The Morgan fingerprint density at radius 2 is 1.34 bits per heavy atom. The standard InChI is InChI=1S/C46H63N2O4.BrH/c1-9-51-42(49)25-13-11-19-27-47-38-23-17-15-21-36(38)45(5,6)40(47)30-34-29-35(33-44(3,4)32-34)31-41-46(7,8)37-22-16-18-24-39(37)48(41)28-20-12-14-26-43(50)52-10-2;/h15-18,21-24,29-31H,9-14,19-20,25-28,32-33H2,1-8H3;1H/q+1;/p-1. The lowest BCUT2D eigenvalue weighted by atomic mass is 9.73. The number of carbonyl (C=O) groups excluding carboxylic acids is 2. The molecule has 0 saturated heterocycles. The zero-order valence-electron chi connectivity index (χ0n) is 33.7. The largest absolute Gasteiger partial charge is 1.00 e. The highest BCUT2D eigenvalue weighted by atomic mass is 79.9. The van der Waals surface area contributed by atoms with E-state index in [9.17, 15) is 9.59 Å². The molecule has 1 aliphatic carbocycles. The van der Waals surface area contributed by atoms with Gasteiger partial charge in [0.25, 0.3) is 0 Å². The molecule has 0 atom stereocenters. The first-order valence-electron chi connectivity index (χ1n) is 19.8. The van der Waals surface area contributed by atoms with E-state index in [1.807, 2.05) is 13.8 Å². The predicted octanol–water partition coefficient (Wildman–Crippen LogP) is 7.67. The van der Waals surface area contributed by atoms with Crippen molar-refractivity contribution in [1.82, 2.24) is 0 Å². The van der Waals surface area contributed by atoms with Crippen molar-refractivity contribution in [3.63, 3.8) is 0 Å². The second-order valence-corrected chi connectivity index (χ2v) is 16.7. The van der Waals surface area contributed by atoms with Crippen LogP contribution in [-0.4, -0.2) is 48.5 Å². The van der Waals surface area contributed by atoms with Crippen LogP contribution in [0.1, 0.15) is 131 Å². The number of rotatable bonds is 16. The van der Waals surface area contributed by atoms with Gasteiger partial charge in [0.15, 0.2) is 5.71 Å². The molecule has 0 aromatic heterocycles. The van der Waals surface area contributed by atoms with Crippen LogP contribution in [0.4, 0.5) is 11.4 Å². The number of ether oxygens (including phenoxy) is 2. The zero-order valence-corrected chi connectivity index (χ0v) is 35.2. The number of fused-ring (bicyclic) bond motifs is 2. The third-order valence-electron chi connectivity index (χ3n) is 11.1. The van der Waals surface area contributed by atoms with Crippen LogP contribution >= 0.6 is 0 Å². The molecule has 0 saturated carbocycles. The minimum atomic E-state index is -0.123. The molecule has 2 heterocycles. The van der Waals surface area contributed by atoms with Gasteiger partial charge in [-0.3, -0.25) is 9.59 Å². The summed E-state index contributed by atoms with van der Waals surface area (Å²) in [4.78, 5) is 26.4. The molecule has 2 aromatic carbocycles. The number of esters is 2. The Kier molecular flexibility index (Phi) is 14.6. The summed E-state index contributed by atoms with van der Waals surface area (Å²) in [6.07, 6.45) is 16.2. The second-order valence-electron chi connectivity index (χ2n) is 16.7. The number of hydrogen-bond acceptors (Lipinski definition) is 5. The number of allylic oxidation sites excluding steroid dienone is 6. The Labute approximate surface area is 330 Å². The Balaban J connectivity index is 0.00000627. The van der Waals surface area contributed by atoms with Crippen molar-refractivity contribution >= 4 is 29.0 Å². The predicted molar refractivity (Wildman–Crippen MR) is 214 cm³/mol. The summed E-state index contributed by atoms with van der Waals surface area (Å²) < 4.78 is 12.8. The number of carbonyl (C=O) groups is 2. The summed E-state index contributed by atoms with van der Waals surface area (Å²) in [6.45, 7) is 20.7. The molecular formula is C46H63BrN2O4.